The largest absolute Gasteiger partial charge is 0.506 e. The average Bonchev–Trinajstić information content (AvgIpc) is 2.17. The number of phenolic OH excluding ortho intramolecular Hbond substituents is 1. The van der Waals surface area contributed by atoms with Crippen LogP contribution in [0.25, 0.3) is 0 Å². The number of anilines is 1. The van der Waals surface area contributed by atoms with Gasteiger partial charge in [-0.1, -0.05) is 6.07 Å². The molecule has 15 heavy (non-hydrogen) atoms. The molecule has 0 amide bonds. The molecule has 82 valence electrons. The Morgan fingerprint density at radius 1 is 1.07 bits per heavy atom. The number of aromatic hydroxyl groups is 1. The van der Waals surface area contributed by atoms with E-state index in [2.05, 4.69) is 17.9 Å². The van der Waals surface area contributed by atoms with Crippen LogP contribution in [0.5, 0.6) is 5.75 Å². The van der Waals surface area contributed by atoms with Crippen LogP contribution in [0.3, 0.4) is 0 Å². The highest BCUT2D eigenvalue weighted by Gasteiger charge is 2.16. The molecule has 0 aromatic heterocycles. The van der Waals surface area contributed by atoms with Crippen LogP contribution < -0.4 is 4.90 Å². The van der Waals surface area contributed by atoms with Crippen molar-refractivity contribution in [2.75, 3.05) is 18.0 Å². The maximum Gasteiger partial charge on any atom is 0.139 e. The zero-order valence-corrected chi connectivity index (χ0v) is 9.58. The van der Waals surface area contributed by atoms with Gasteiger partial charge in [0.1, 0.15) is 5.75 Å². The first-order valence-electron chi connectivity index (χ1n) is 5.73. The highest BCUT2D eigenvalue weighted by Crippen LogP contribution is 2.33. The van der Waals surface area contributed by atoms with Crippen molar-refractivity contribution in [2.45, 2.75) is 33.1 Å². The Kier molecular flexibility index (Phi) is 2.85. The van der Waals surface area contributed by atoms with E-state index in [0.29, 0.717) is 5.75 Å². The second-order valence-electron chi connectivity index (χ2n) is 4.50. The first kappa shape index (κ1) is 10.3. The highest BCUT2D eigenvalue weighted by molar-refractivity contribution is 5.64. The fraction of sp³-hybridized carbons (Fsp3) is 0.538. The maximum absolute atomic E-state index is 9.98. The lowest BCUT2D eigenvalue weighted by molar-refractivity contribution is 0.468. The first-order valence-corrected chi connectivity index (χ1v) is 5.73. The van der Waals surface area contributed by atoms with Crippen LogP contribution in [-0.4, -0.2) is 18.2 Å². The smallest absolute Gasteiger partial charge is 0.139 e. The van der Waals surface area contributed by atoms with Crippen molar-refractivity contribution < 1.29 is 5.11 Å². The third-order valence-electron chi connectivity index (χ3n) is 3.10. The number of phenols is 1. The van der Waals surface area contributed by atoms with Crippen LogP contribution in [0, 0.1) is 13.8 Å². The summed E-state index contributed by atoms with van der Waals surface area (Å²) in [6, 6.07) is 4.00. The van der Waals surface area contributed by atoms with E-state index in [9.17, 15) is 5.11 Å². The monoisotopic (exact) mass is 205 g/mol. The summed E-state index contributed by atoms with van der Waals surface area (Å²) in [7, 11) is 0. The molecule has 1 aromatic carbocycles. The summed E-state index contributed by atoms with van der Waals surface area (Å²) in [6.07, 6.45) is 3.81. The molecule has 2 heteroatoms. The molecule has 0 bridgehead atoms. The summed E-state index contributed by atoms with van der Waals surface area (Å²) in [5, 5.41) is 9.98. The van der Waals surface area contributed by atoms with Crippen molar-refractivity contribution in [1.82, 2.24) is 0 Å². The molecule has 0 saturated carbocycles. The lowest BCUT2D eigenvalue weighted by Crippen LogP contribution is -2.30. The molecular weight excluding hydrogens is 186 g/mol. The van der Waals surface area contributed by atoms with Gasteiger partial charge in [0.25, 0.3) is 0 Å². The standard InChI is InChI=1S/C13H19NO/c1-10-8-11(2)13(12(15)9-10)14-6-4-3-5-7-14/h8-9,15H,3-7H2,1-2H3. The second kappa shape index (κ2) is 4.13. The van der Waals surface area contributed by atoms with Gasteiger partial charge in [-0.05, 0) is 50.3 Å². The van der Waals surface area contributed by atoms with E-state index < -0.39 is 0 Å². The number of rotatable bonds is 1. The van der Waals surface area contributed by atoms with Crippen LogP contribution in [0.1, 0.15) is 30.4 Å². The number of hydrogen-bond acceptors (Lipinski definition) is 2. The van der Waals surface area contributed by atoms with Gasteiger partial charge in [0.2, 0.25) is 0 Å². The lowest BCUT2D eigenvalue weighted by Gasteiger charge is -2.30. The van der Waals surface area contributed by atoms with E-state index in [1.807, 2.05) is 13.0 Å². The van der Waals surface area contributed by atoms with Gasteiger partial charge >= 0.3 is 0 Å². The third kappa shape index (κ3) is 2.09. The molecule has 0 radical (unpaired) electrons. The molecule has 2 rings (SSSR count). The van der Waals surface area contributed by atoms with Crippen molar-refractivity contribution in [3.63, 3.8) is 0 Å². The summed E-state index contributed by atoms with van der Waals surface area (Å²) in [6.45, 7) is 6.26. The predicted molar refractivity (Wildman–Crippen MR) is 63.6 cm³/mol. The molecule has 0 aliphatic carbocycles. The molecule has 1 aliphatic rings. The lowest BCUT2D eigenvalue weighted by atomic mass is 10.1. The van der Waals surface area contributed by atoms with Gasteiger partial charge < -0.3 is 10.0 Å². The Morgan fingerprint density at radius 2 is 1.73 bits per heavy atom. The van der Waals surface area contributed by atoms with Crippen molar-refractivity contribution >= 4 is 5.69 Å². The Bertz CT molecular complexity index is 331. The zero-order valence-electron chi connectivity index (χ0n) is 9.58. The number of piperidine rings is 1. The number of aryl methyl sites for hydroxylation is 2. The summed E-state index contributed by atoms with van der Waals surface area (Å²) in [5.74, 6) is 0.439. The van der Waals surface area contributed by atoms with Gasteiger partial charge in [-0.3, -0.25) is 0 Å². The molecular formula is C13H19NO. The molecule has 2 nitrogen and oxygen atoms in total. The zero-order chi connectivity index (χ0) is 10.8. The number of benzene rings is 1. The Hall–Kier alpha value is -1.18. The molecule has 0 atom stereocenters. The van der Waals surface area contributed by atoms with Crippen molar-refractivity contribution in [3.05, 3.63) is 23.3 Å². The quantitative estimate of drug-likeness (QED) is 0.762. The van der Waals surface area contributed by atoms with Crippen LogP contribution in [0.15, 0.2) is 12.1 Å². The molecule has 1 heterocycles. The summed E-state index contributed by atoms with van der Waals surface area (Å²) >= 11 is 0. The first-order chi connectivity index (χ1) is 7.18. The number of hydrogen-bond donors (Lipinski definition) is 1. The fourth-order valence-electron chi connectivity index (χ4n) is 2.47. The molecule has 1 fully saturated rings. The van der Waals surface area contributed by atoms with Crippen LogP contribution in [0.2, 0.25) is 0 Å². The summed E-state index contributed by atoms with van der Waals surface area (Å²) in [5.41, 5.74) is 3.36. The molecule has 1 aromatic rings. The predicted octanol–water partition coefficient (Wildman–Crippen LogP) is 3.00. The van der Waals surface area contributed by atoms with Crippen molar-refractivity contribution in [2.24, 2.45) is 0 Å². The Labute approximate surface area is 91.5 Å². The van der Waals surface area contributed by atoms with E-state index >= 15 is 0 Å². The van der Waals surface area contributed by atoms with Gasteiger partial charge in [0.15, 0.2) is 0 Å². The van der Waals surface area contributed by atoms with Crippen molar-refractivity contribution in [1.29, 1.82) is 0 Å². The van der Waals surface area contributed by atoms with Crippen LogP contribution in [-0.2, 0) is 0 Å². The molecule has 1 saturated heterocycles. The normalized spacial score (nSPS) is 16.8. The van der Waals surface area contributed by atoms with Crippen molar-refractivity contribution in [3.8, 4) is 5.75 Å². The molecule has 1 N–H and O–H groups in total. The van der Waals surface area contributed by atoms with E-state index in [-0.39, 0.29) is 0 Å². The second-order valence-corrected chi connectivity index (χ2v) is 4.50. The van der Waals surface area contributed by atoms with E-state index in [4.69, 9.17) is 0 Å². The van der Waals surface area contributed by atoms with E-state index in [1.54, 1.807) is 0 Å². The fourth-order valence-corrected chi connectivity index (χ4v) is 2.47. The minimum absolute atomic E-state index is 0.439. The minimum atomic E-state index is 0.439. The van der Waals surface area contributed by atoms with Crippen LogP contribution in [0.4, 0.5) is 5.69 Å². The Balaban J connectivity index is 2.33. The van der Waals surface area contributed by atoms with Gasteiger partial charge in [0.05, 0.1) is 5.69 Å². The molecule has 0 spiro atoms. The van der Waals surface area contributed by atoms with Gasteiger partial charge in [-0.25, -0.2) is 0 Å². The summed E-state index contributed by atoms with van der Waals surface area (Å²) in [4.78, 5) is 2.31. The average molecular weight is 205 g/mol. The van der Waals surface area contributed by atoms with Gasteiger partial charge in [0, 0.05) is 13.1 Å². The van der Waals surface area contributed by atoms with Gasteiger partial charge in [-0.15, -0.1) is 0 Å². The van der Waals surface area contributed by atoms with Crippen LogP contribution >= 0.6 is 0 Å². The Morgan fingerprint density at radius 3 is 2.33 bits per heavy atom. The van der Waals surface area contributed by atoms with Gasteiger partial charge in [-0.2, -0.15) is 0 Å². The minimum Gasteiger partial charge on any atom is -0.506 e. The topological polar surface area (TPSA) is 23.5 Å². The van der Waals surface area contributed by atoms with E-state index in [1.165, 1.54) is 24.8 Å². The highest BCUT2D eigenvalue weighted by atomic mass is 16.3. The number of nitrogens with zero attached hydrogens (tertiary/aromatic N) is 1. The molecule has 0 unspecified atom stereocenters. The maximum atomic E-state index is 9.98. The third-order valence-corrected chi connectivity index (χ3v) is 3.10. The molecule has 1 aliphatic heterocycles. The SMILES string of the molecule is Cc1cc(C)c(N2CCCCC2)c(O)c1. The summed E-state index contributed by atoms with van der Waals surface area (Å²) < 4.78 is 0. The van der Waals surface area contributed by atoms with E-state index in [0.717, 1.165) is 24.3 Å².